The summed E-state index contributed by atoms with van der Waals surface area (Å²) in [5.41, 5.74) is 2.88. The first-order valence-electron chi connectivity index (χ1n) is 8.39. The van der Waals surface area contributed by atoms with Gasteiger partial charge >= 0.3 is 0 Å². The Morgan fingerprint density at radius 1 is 1.36 bits per heavy atom. The third-order valence-corrected chi connectivity index (χ3v) is 4.25. The molecule has 1 aliphatic heterocycles. The van der Waals surface area contributed by atoms with E-state index in [9.17, 15) is 4.79 Å². The zero-order valence-electron chi connectivity index (χ0n) is 14.8. The van der Waals surface area contributed by atoms with Gasteiger partial charge in [-0.05, 0) is 25.5 Å². The first-order valence-corrected chi connectivity index (χ1v) is 8.39. The number of fused-ring (bicyclic) bond motifs is 1. The van der Waals surface area contributed by atoms with E-state index in [1.54, 1.807) is 26.4 Å². The topological polar surface area (TPSA) is 80.2 Å². The van der Waals surface area contributed by atoms with Gasteiger partial charge in [0.25, 0.3) is 0 Å². The zero-order valence-corrected chi connectivity index (χ0v) is 14.8. The fourth-order valence-corrected chi connectivity index (χ4v) is 2.97. The average molecular weight is 341 g/mol. The molecule has 0 aliphatic carbocycles. The lowest BCUT2D eigenvalue weighted by molar-refractivity contribution is -0.129. The molecule has 3 heterocycles. The number of hydrogen-bond donors (Lipinski definition) is 1. The van der Waals surface area contributed by atoms with Crippen LogP contribution in [0.4, 0.5) is 5.82 Å². The van der Waals surface area contributed by atoms with Gasteiger partial charge in [-0.15, -0.1) is 0 Å². The fraction of sp³-hybridized carbons (Fsp3) is 0.444. The number of nitrogens with zero attached hydrogens (tertiary/aromatic N) is 4. The summed E-state index contributed by atoms with van der Waals surface area (Å²) in [6.45, 7) is 5.43. The molecule has 1 aliphatic rings. The monoisotopic (exact) mass is 341 g/mol. The van der Waals surface area contributed by atoms with Crippen molar-refractivity contribution in [3.63, 3.8) is 0 Å². The van der Waals surface area contributed by atoms with Crippen LogP contribution in [0, 0.1) is 0 Å². The van der Waals surface area contributed by atoms with Gasteiger partial charge in [0.05, 0.1) is 18.8 Å². The van der Waals surface area contributed by atoms with Gasteiger partial charge in [-0.25, -0.2) is 9.97 Å². The third kappa shape index (κ3) is 3.93. The van der Waals surface area contributed by atoms with Crippen LogP contribution in [0.2, 0.25) is 0 Å². The summed E-state index contributed by atoms with van der Waals surface area (Å²) in [7, 11) is 1.68. The van der Waals surface area contributed by atoms with Gasteiger partial charge < -0.3 is 15.0 Å². The highest BCUT2D eigenvalue weighted by molar-refractivity contribution is 5.74. The van der Waals surface area contributed by atoms with Crippen molar-refractivity contribution in [2.45, 2.75) is 32.9 Å². The number of amides is 1. The van der Waals surface area contributed by atoms with Gasteiger partial charge in [-0.1, -0.05) is 0 Å². The molecule has 1 amide bonds. The Hall–Kier alpha value is -2.54. The Kier molecular flexibility index (Phi) is 5.23. The van der Waals surface area contributed by atoms with E-state index in [4.69, 9.17) is 14.7 Å². The van der Waals surface area contributed by atoms with Gasteiger partial charge in [0.1, 0.15) is 5.82 Å². The number of nitrogens with one attached hydrogen (secondary N) is 1. The molecule has 132 valence electrons. The lowest BCUT2D eigenvalue weighted by Gasteiger charge is -2.29. The minimum Gasteiger partial charge on any atom is -0.383 e. The van der Waals surface area contributed by atoms with Gasteiger partial charge in [-0.2, -0.15) is 0 Å². The Morgan fingerprint density at radius 3 is 2.80 bits per heavy atom. The molecule has 7 nitrogen and oxygen atoms in total. The predicted molar refractivity (Wildman–Crippen MR) is 95.0 cm³/mol. The van der Waals surface area contributed by atoms with Gasteiger partial charge in [0.15, 0.2) is 5.82 Å². The molecule has 0 saturated carbocycles. The first kappa shape index (κ1) is 17.3. The molecule has 0 fully saturated rings. The Labute approximate surface area is 147 Å². The molecule has 0 spiro atoms. The van der Waals surface area contributed by atoms with Gasteiger partial charge in [-0.3, -0.25) is 9.78 Å². The van der Waals surface area contributed by atoms with Crippen LogP contribution in [0.25, 0.3) is 11.4 Å². The maximum atomic E-state index is 11.8. The molecule has 1 atom stereocenters. The van der Waals surface area contributed by atoms with Crippen LogP contribution >= 0.6 is 0 Å². The highest BCUT2D eigenvalue weighted by Gasteiger charge is 2.24. The average Bonchev–Trinajstić information content (AvgIpc) is 2.62. The quantitative estimate of drug-likeness (QED) is 0.894. The van der Waals surface area contributed by atoms with E-state index in [0.717, 1.165) is 29.1 Å². The molecule has 0 aromatic carbocycles. The molecule has 0 saturated heterocycles. The molecule has 0 bridgehead atoms. The maximum Gasteiger partial charge on any atom is 0.219 e. The number of carbonyl (C=O) groups excluding carboxylic acids is 1. The van der Waals surface area contributed by atoms with Crippen LogP contribution in [0.1, 0.15) is 25.1 Å². The molecule has 0 unspecified atom stereocenters. The van der Waals surface area contributed by atoms with Crippen LogP contribution in [0.5, 0.6) is 0 Å². The van der Waals surface area contributed by atoms with Crippen LogP contribution in [0.15, 0.2) is 24.5 Å². The normalized spacial score (nSPS) is 14.8. The molecule has 2 aromatic heterocycles. The van der Waals surface area contributed by atoms with E-state index in [2.05, 4.69) is 17.2 Å². The van der Waals surface area contributed by atoms with E-state index in [1.807, 2.05) is 17.0 Å². The van der Waals surface area contributed by atoms with Crippen molar-refractivity contribution in [2.75, 3.05) is 25.6 Å². The van der Waals surface area contributed by atoms with E-state index in [1.165, 1.54) is 0 Å². The first-order chi connectivity index (χ1) is 12.1. The summed E-state index contributed by atoms with van der Waals surface area (Å²) in [5, 5.41) is 3.43. The van der Waals surface area contributed by atoms with Crippen LogP contribution in [0.3, 0.4) is 0 Å². The molecule has 3 rings (SSSR count). The number of pyridine rings is 1. The van der Waals surface area contributed by atoms with Crippen LogP contribution < -0.4 is 5.32 Å². The second kappa shape index (κ2) is 7.57. The van der Waals surface area contributed by atoms with Crippen molar-refractivity contribution in [3.05, 3.63) is 35.8 Å². The smallest absolute Gasteiger partial charge is 0.219 e. The summed E-state index contributed by atoms with van der Waals surface area (Å²) in [6, 6.07) is 3.89. The van der Waals surface area contributed by atoms with E-state index in [-0.39, 0.29) is 11.9 Å². The van der Waals surface area contributed by atoms with E-state index in [0.29, 0.717) is 25.5 Å². The van der Waals surface area contributed by atoms with Crippen molar-refractivity contribution < 1.29 is 9.53 Å². The molecule has 7 heteroatoms. The Bertz CT molecular complexity index is 751. The number of ether oxygens (including phenoxy) is 1. The van der Waals surface area contributed by atoms with Gasteiger partial charge in [0, 0.05) is 50.1 Å². The van der Waals surface area contributed by atoms with Crippen molar-refractivity contribution in [1.29, 1.82) is 0 Å². The van der Waals surface area contributed by atoms with Crippen LogP contribution in [-0.4, -0.2) is 52.1 Å². The summed E-state index contributed by atoms with van der Waals surface area (Å²) in [6.07, 6.45) is 4.19. The molecular formula is C18H23N5O2. The number of methoxy groups -OCH3 is 1. The van der Waals surface area contributed by atoms with E-state index >= 15 is 0 Å². The highest BCUT2D eigenvalue weighted by Crippen LogP contribution is 2.27. The lowest BCUT2D eigenvalue weighted by atomic mass is 10.0. The van der Waals surface area contributed by atoms with Crippen molar-refractivity contribution in [1.82, 2.24) is 19.9 Å². The zero-order chi connectivity index (χ0) is 17.8. The molecule has 0 radical (unpaired) electrons. The summed E-state index contributed by atoms with van der Waals surface area (Å²) >= 11 is 0. The fourth-order valence-electron chi connectivity index (χ4n) is 2.97. The number of anilines is 1. The lowest BCUT2D eigenvalue weighted by Crippen LogP contribution is -2.36. The SMILES string of the molecule is COC[C@@H](C)Nc1nc(-c2ccncc2)nc2c1CCN(C(C)=O)C2. The summed E-state index contributed by atoms with van der Waals surface area (Å²) in [5.74, 6) is 1.53. The summed E-state index contributed by atoms with van der Waals surface area (Å²) in [4.78, 5) is 27.1. The minimum absolute atomic E-state index is 0.0667. The Balaban J connectivity index is 2.01. The Morgan fingerprint density at radius 2 is 2.12 bits per heavy atom. The highest BCUT2D eigenvalue weighted by atomic mass is 16.5. The standard InChI is InChI=1S/C18H23N5O2/c1-12(11-25-3)20-18-15-6-9-23(13(2)24)10-16(15)21-17(22-18)14-4-7-19-8-5-14/h4-5,7-8,12H,6,9-11H2,1-3H3,(H,20,21,22)/t12-/m1/s1. The number of rotatable bonds is 5. The second-order valence-electron chi connectivity index (χ2n) is 6.25. The maximum absolute atomic E-state index is 11.8. The molecule has 2 aromatic rings. The van der Waals surface area contributed by atoms with Crippen molar-refractivity contribution >= 4 is 11.7 Å². The third-order valence-electron chi connectivity index (χ3n) is 4.25. The van der Waals surface area contributed by atoms with Crippen molar-refractivity contribution in [2.24, 2.45) is 0 Å². The molecule has 25 heavy (non-hydrogen) atoms. The largest absolute Gasteiger partial charge is 0.383 e. The number of hydrogen-bond acceptors (Lipinski definition) is 6. The number of aromatic nitrogens is 3. The van der Waals surface area contributed by atoms with Gasteiger partial charge in [0.2, 0.25) is 5.91 Å². The van der Waals surface area contributed by atoms with Crippen molar-refractivity contribution in [3.8, 4) is 11.4 Å². The van der Waals surface area contributed by atoms with E-state index < -0.39 is 0 Å². The molecule has 1 N–H and O–H groups in total. The second-order valence-corrected chi connectivity index (χ2v) is 6.25. The minimum atomic E-state index is 0.0667. The molecular weight excluding hydrogens is 318 g/mol. The van der Waals surface area contributed by atoms with Crippen LogP contribution in [-0.2, 0) is 22.5 Å². The summed E-state index contributed by atoms with van der Waals surface area (Å²) < 4.78 is 5.22. The number of carbonyl (C=O) groups is 1. The predicted octanol–water partition coefficient (Wildman–Crippen LogP) is 1.89.